The fourth-order valence-corrected chi connectivity index (χ4v) is 1.89. The minimum Gasteiger partial charge on any atom is -0.465 e. The highest BCUT2D eigenvalue weighted by molar-refractivity contribution is 6.06. The monoisotopic (exact) mass is 228 g/mol. The number of para-hydroxylation sites is 1. The van der Waals surface area contributed by atoms with Gasteiger partial charge in [0.05, 0.1) is 12.1 Å². The number of imidazole rings is 1. The summed E-state index contributed by atoms with van der Waals surface area (Å²) in [5, 5.41) is 0.971. The molecule has 86 valence electrons. The van der Waals surface area contributed by atoms with E-state index in [1.807, 2.05) is 31.2 Å². The van der Waals surface area contributed by atoms with Crippen molar-refractivity contribution in [2.45, 2.75) is 6.92 Å². The second-order valence-electron chi connectivity index (χ2n) is 3.71. The number of hydrogen-bond donors (Lipinski definition) is 2. The number of pyridine rings is 1. The topological polar surface area (TPSA) is 76.8 Å². The summed E-state index contributed by atoms with van der Waals surface area (Å²) in [6.45, 7) is 2.47. The van der Waals surface area contributed by atoms with E-state index in [4.69, 9.17) is 10.5 Å². The lowest BCUT2D eigenvalue weighted by Crippen LogP contribution is -1.93. The Hall–Kier alpha value is -2.30. The Balaban J connectivity index is 2.39. The van der Waals surface area contributed by atoms with Crippen LogP contribution in [-0.2, 0) is 0 Å². The highest BCUT2D eigenvalue weighted by Gasteiger charge is 2.11. The number of aromatic amines is 1. The van der Waals surface area contributed by atoms with Gasteiger partial charge in [-0.05, 0) is 13.0 Å². The molecule has 3 aromatic rings. The molecule has 0 saturated carbocycles. The number of hydrogen-bond acceptors (Lipinski definition) is 4. The van der Waals surface area contributed by atoms with Crippen molar-refractivity contribution in [3.05, 3.63) is 24.3 Å². The molecule has 2 aromatic heterocycles. The van der Waals surface area contributed by atoms with Crippen LogP contribution in [0.5, 0.6) is 6.01 Å². The normalized spacial score (nSPS) is 11.1. The van der Waals surface area contributed by atoms with Crippen LogP contribution in [0, 0.1) is 0 Å². The summed E-state index contributed by atoms with van der Waals surface area (Å²) in [5.74, 6) is 0.442. The summed E-state index contributed by atoms with van der Waals surface area (Å²) in [5.41, 5.74) is 8.26. The van der Waals surface area contributed by atoms with Gasteiger partial charge in [-0.15, -0.1) is 0 Å². The van der Waals surface area contributed by atoms with Crippen molar-refractivity contribution in [1.82, 2.24) is 15.0 Å². The number of nitrogens with two attached hydrogens (primary N) is 1. The number of nitrogen functional groups attached to an aromatic ring is 1. The van der Waals surface area contributed by atoms with Crippen LogP contribution in [0.25, 0.3) is 21.9 Å². The molecule has 0 spiro atoms. The first-order valence-electron chi connectivity index (χ1n) is 5.46. The minimum atomic E-state index is 0.442. The predicted octanol–water partition coefficient (Wildman–Crippen LogP) is 2.09. The quantitative estimate of drug-likeness (QED) is 0.704. The van der Waals surface area contributed by atoms with E-state index in [2.05, 4.69) is 15.0 Å². The molecule has 1 aromatic carbocycles. The Morgan fingerprint density at radius 2 is 2.12 bits per heavy atom. The summed E-state index contributed by atoms with van der Waals surface area (Å²) < 4.78 is 5.34. The molecule has 0 amide bonds. The van der Waals surface area contributed by atoms with Gasteiger partial charge in [-0.2, -0.15) is 4.98 Å². The maximum atomic E-state index is 5.89. The van der Waals surface area contributed by atoms with Gasteiger partial charge < -0.3 is 15.5 Å². The van der Waals surface area contributed by atoms with Gasteiger partial charge in [-0.3, -0.25) is 0 Å². The predicted molar refractivity (Wildman–Crippen MR) is 67.0 cm³/mol. The second kappa shape index (κ2) is 3.62. The van der Waals surface area contributed by atoms with Gasteiger partial charge in [-0.1, -0.05) is 18.2 Å². The molecule has 5 nitrogen and oxygen atoms in total. The van der Waals surface area contributed by atoms with Gasteiger partial charge in [0.25, 0.3) is 6.01 Å². The summed E-state index contributed by atoms with van der Waals surface area (Å²) in [4.78, 5) is 11.8. The highest BCUT2D eigenvalue weighted by Crippen LogP contribution is 2.27. The van der Waals surface area contributed by atoms with E-state index in [1.165, 1.54) is 0 Å². The summed E-state index contributed by atoms with van der Waals surface area (Å²) in [7, 11) is 0. The third-order valence-electron chi connectivity index (χ3n) is 2.62. The van der Waals surface area contributed by atoms with Crippen molar-refractivity contribution in [3.63, 3.8) is 0 Å². The van der Waals surface area contributed by atoms with Crippen LogP contribution < -0.4 is 10.5 Å². The van der Waals surface area contributed by atoms with Crippen molar-refractivity contribution in [3.8, 4) is 6.01 Å². The standard InChI is InChI=1S/C12H12N4O/c1-2-17-12-15-9-7-5-3-4-6-8(7)14-11(13)10(9)16-12/h3-6H,2H2,1H3,(H2,13,14)(H,15,16). The molecular weight excluding hydrogens is 216 g/mol. The van der Waals surface area contributed by atoms with Crippen LogP contribution in [0.4, 0.5) is 5.82 Å². The zero-order valence-electron chi connectivity index (χ0n) is 9.40. The molecule has 5 heteroatoms. The van der Waals surface area contributed by atoms with Crippen LogP contribution in [0.3, 0.4) is 0 Å². The van der Waals surface area contributed by atoms with Crippen LogP contribution in [0.2, 0.25) is 0 Å². The van der Waals surface area contributed by atoms with Crippen LogP contribution >= 0.6 is 0 Å². The van der Waals surface area contributed by atoms with Crippen molar-refractivity contribution in [2.75, 3.05) is 12.3 Å². The molecule has 3 rings (SSSR count). The zero-order valence-corrected chi connectivity index (χ0v) is 9.40. The van der Waals surface area contributed by atoms with Crippen LogP contribution in [0.15, 0.2) is 24.3 Å². The van der Waals surface area contributed by atoms with E-state index < -0.39 is 0 Å². The smallest absolute Gasteiger partial charge is 0.294 e. The van der Waals surface area contributed by atoms with Crippen molar-refractivity contribution < 1.29 is 4.74 Å². The fourth-order valence-electron chi connectivity index (χ4n) is 1.89. The number of fused-ring (bicyclic) bond motifs is 3. The average Bonchev–Trinajstić information content (AvgIpc) is 2.74. The van der Waals surface area contributed by atoms with E-state index in [-0.39, 0.29) is 0 Å². The first-order chi connectivity index (χ1) is 8.29. The molecule has 3 N–H and O–H groups in total. The molecule has 2 heterocycles. The van der Waals surface area contributed by atoms with E-state index in [0.29, 0.717) is 18.4 Å². The Morgan fingerprint density at radius 3 is 2.94 bits per heavy atom. The maximum Gasteiger partial charge on any atom is 0.294 e. The van der Waals surface area contributed by atoms with Gasteiger partial charge in [-0.25, -0.2) is 4.98 Å². The fraction of sp³-hybridized carbons (Fsp3) is 0.167. The summed E-state index contributed by atoms with van der Waals surface area (Å²) >= 11 is 0. The number of H-pyrrole nitrogens is 1. The molecule has 0 atom stereocenters. The van der Waals surface area contributed by atoms with Crippen molar-refractivity contribution in [2.24, 2.45) is 0 Å². The number of nitrogens with zero attached hydrogens (tertiary/aromatic N) is 2. The third kappa shape index (κ3) is 1.47. The molecule has 0 aliphatic heterocycles. The van der Waals surface area contributed by atoms with Crippen molar-refractivity contribution >= 4 is 27.8 Å². The first kappa shape index (κ1) is 9.89. The number of aromatic nitrogens is 3. The number of anilines is 1. The van der Waals surface area contributed by atoms with Gasteiger partial charge >= 0.3 is 0 Å². The lowest BCUT2D eigenvalue weighted by molar-refractivity contribution is 0.317. The molecule has 0 saturated heterocycles. The summed E-state index contributed by atoms with van der Waals surface area (Å²) in [6, 6.07) is 8.25. The number of nitrogens with one attached hydrogen (secondary N) is 1. The van der Waals surface area contributed by atoms with Crippen LogP contribution in [-0.4, -0.2) is 21.6 Å². The minimum absolute atomic E-state index is 0.442. The maximum absolute atomic E-state index is 5.89. The molecule has 0 aliphatic rings. The molecule has 0 fully saturated rings. The Morgan fingerprint density at radius 1 is 1.29 bits per heavy atom. The van der Waals surface area contributed by atoms with Gasteiger partial charge in [0.15, 0.2) is 0 Å². The van der Waals surface area contributed by atoms with Gasteiger partial charge in [0.1, 0.15) is 16.9 Å². The third-order valence-corrected chi connectivity index (χ3v) is 2.62. The molecule has 17 heavy (non-hydrogen) atoms. The zero-order chi connectivity index (χ0) is 11.8. The largest absolute Gasteiger partial charge is 0.465 e. The Kier molecular flexibility index (Phi) is 2.11. The first-order valence-corrected chi connectivity index (χ1v) is 5.46. The van der Waals surface area contributed by atoms with E-state index in [0.717, 1.165) is 21.9 Å². The SMILES string of the molecule is CCOc1nc2c([nH]1)c(N)nc1ccccc12. The molecular formula is C12H12N4O. The second-order valence-corrected chi connectivity index (χ2v) is 3.71. The molecule has 0 aliphatic carbocycles. The lowest BCUT2D eigenvalue weighted by Gasteiger charge is -1.99. The highest BCUT2D eigenvalue weighted by atomic mass is 16.5. The average molecular weight is 228 g/mol. The number of ether oxygens (including phenoxy) is 1. The number of benzene rings is 1. The Bertz CT molecular complexity index is 689. The van der Waals surface area contributed by atoms with E-state index in [9.17, 15) is 0 Å². The number of rotatable bonds is 2. The molecule has 0 unspecified atom stereocenters. The summed E-state index contributed by atoms with van der Waals surface area (Å²) in [6.07, 6.45) is 0. The van der Waals surface area contributed by atoms with Crippen LogP contribution in [0.1, 0.15) is 6.92 Å². The van der Waals surface area contributed by atoms with E-state index >= 15 is 0 Å². The molecule has 0 bridgehead atoms. The lowest BCUT2D eigenvalue weighted by atomic mass is 10.2. The van der Waals surface area contributed by atoms with Crippen molar-refractivity contribution in [1.29, 1.82) is 0 Å². The molecule has 0 radical (unpaired) electrons. The van der Waals surface area contributed by atoms with Gasteiger partial charge in [0, 0.05) is 5.39 Å². The van der Waals surface area contributed by atoms with Gasteiger partial charge in [0.2, 0.25) is 0 Å². The van der Waals surface area contributed by atoms with E-state index in [1.54, 1.807) is 0 Å². The Labute approximate surface area is 97.6 Å².